The molecule has 1 saturated heterocycles. The van der Waals surface area contributed by atoms with Crippen molar-refractivity contribution in [2.24, 2.45) is 4.99 Å². The molecule has 0 bridgehead atoms. The molecule has 0 unspecified atom stereocenters. The van der Waals surface area contributed by atoms with Crippen molar-refractivity contribution in [2.45, 2.75) is 6.54 Å². The highest BCUT2D eigenvalue weighted by Crippen LogP contribution is 2.10. The van der Waals surface area contributed by atoms with Gasteiger partial charge in [-0.25, -0.2) is 0 Å². The number of aliphatic imine (C=N–C) groups is 1. The lowest BCUT2D eigenvalue weighted by Crippen LogP contribution is -2.43. The average Bonchev–Trinajstić information content (AvgIpc) is 2.96. The van der Waals surface area contributed by atoms with Crippen molar-refractivity contribution >= 4 is 5.84 Å². The lowest BCUT2D eigenvalue weighted by molar-refractivity contribution is 0.148. The van der Waals surface area contributed by atoms with Crippen LogP contribution in [0.25, 0.3) is 0 Å². The highest BCUT2D eigenvalue weighted by Gasteiger charge is 2.14. The summed E-state index contributed by atoms with van der Waals surface area (Å²) < 4.78 is 0. The molecule has 19 heavy (non-hydrogen) atoms. The van der Waals surface area contributed by atoms with Gasteiger partial charge in [0.25, 0.3) is 0 Å². The van der Waals surface area contributed by atoms with Crippen LogP contribution in [0, 0.1) is 0 Å². The number of piperazine rings is 1. The average molecular weight is 258 g/mol. The number of benzene rings is 1. The Balaban J connectivity index is 1.60. The van der Waals surface area contributed by atoms with E-state index in [2.05, 4.69) is 51.4 Å². The topological polar surface area (TPSA) is 30.9 Å². The minimum absolute atomic E-state index is 0.901. The minimum Gasteiger partial charge on any atom is -0.368 e. The van der Waals surface area contributed by atoms with Gasteiger partial charge in [-0.05, 0) is 12.6 Å². The monoisotopic (exact) mass is 258 g/mol. The smallest absolute Gasteiger partial charge is 0.128 e. The first-order valence-electron chi connectivity index (χ1n) is 7.10. The zero-order valence-electron chi connectivity index (χ0n) is 11.6. The van der Waals surface area contributed by atoms with Crippen LogP contribution in [0.3, 0.4) is 0 Å². The van der Waals surface area contributed by atoms with E-state index in [0.29, 0.717) is 0 Å². The van der Waals surface area contributed by atoms with Crippen molar-refractivity contribution in [3.8, 4) is 0 Å². The predicted octanol–water partition coefficient (Wildman–Crippen LogP) is 0.784. The zero-order valence-corrected chi connectivity index (χ0v) is 11.6. The molecule has 0 radical (unpaired) electrons. The molecular weight excluding hydrogens is 236 g/mol. The Hall–Kier alpha value is -1.39. The number of amidine groups is 1. The molecule has 2 aliphatic heterocycles. The molecule has 4 nitrogen and oxygen atoms in total. The number of hydrogen-bond acceptors (Lipinski definition) is 4. The molecule has 0 spiro atoms. The lowest BCUT2D eigenvalue weighted by atomic mass is 10.1. The summed E-state index contributed by atoms with van der Waals surface area (Å²) in [5.74, 6) is 1.05. The van der Waals surface area contributed by atoms with Crippen LogP contribution in [-0.2, 0) is 6.54 Å². The summed E-state index contributed by atoms with van der Waals surface area (Å²) in [4.78, 5) is 9.37. The molecule has 0 saturated carbocycles. The Kier molecular flexibility index (Phi) is 3.80. The summed E-state index contributed by atoms with van der Waals surface area (Å²) >= 11 is 0. The fourth-order valence-electron chi connectivity index (χ4n) is 2.62. The fourth-order valence-corrected chi connectivity index (χ4v) is 2.62. The van der Waals surface area contributed by atoms with E-state index in [4.69, 9.17) is 0 Å². The Bertz CT molecular complexity index is 444. The number of nitrogens with one attached hydrogen (secondary N) is 1. The second-order valence-electron chi connectivity index (χ2n) is 5.43. The van der Waals surface area contributed by atoms with Crippen molar-refractivity contribution in [1.29, 1.82) is 0 Å². The first-order valence-corrected chi connectivity index (χ1v) is 7.10. The Morgan fingerprint density at radius 2 is 1.84 bits per heavy atom. The molecule has 1 aromatic carbocycles. The van der Waals surface area contributed by atoms with E-state index >= 15 is 0 Å². The molecule has 2 heterocycles. The summed E-state index contributed by atoms with van der Waals surface area (Å²) in [6.07, 6.45) is 0. The molecule has 4 heteroatoms. The van der Waals surface area contributed by atoms with E-state index < -0.39 is 0 Å². The molecule has 102 valence electrons. The maximum atomic E-state index is 4.45. The van der Waals surface area contributed by atoms with Crippen molar-refractivity contribution in [3.63, 3.8) is 0 Å². The number of hydrogen-bond donors (Lipinski definition) is 1. The van der Waals surface area contributed by atoms with Crippen LogP contribution in [-0.4, -0.2) is 62.0 Å². The molecule has 0 amide bonds. The third-order valence-electron chi connectivity index (χ3n) is 3.90. The van der Waals surface area contributed by atoms with Gasteiger partial charge in [0.1, 0.15) is 5.84 Å². The van der Waals surface area contributed by atoms with Crippen LogP contribution in [0.4, 0.5) is 0 Å². The van der Waals surface area contributed by atoms with Gasteiger partial charge in [0, 0.05) is 44.8 Å². The molecule has 1 aromatic rings. The molecule has 3 rings (SSSR count). The van der Waals surface area contributed by atoms with Crippen LogP contribution < -0.4 is 5.32 Å². The first-order chi connectivity index (χ1) is 9.31. The van der Waals surface area contributed by atoms with E-state index in [-0.39, 0.29) is 0 Å². The maximum absolute atomic E-state index is 4.45. The fraction of sp³-hybridized carbons (Fsp3) is 0.533. The molecule has 0 atom stereocenters. The molecule has 0 aliphatic carbocycles. The van der Waals surface area contributed by atoms with Crippen LogP contribution in [0.5, 0.6) is 0 Å². The van der Waals surface area contributed by atoms with E-state index in [0.717, 1.165) is 25.5 Å². The Morgan fingerprint density at radius 3 is 2.47 bits per heavy atom. The SMILES string of the molecule is CN1CCN(Cc2ccc(C3=NCCN3)cc2)CC1. The van der Waals surface area contributed by atoms with Gasteiger partial charge in [0.05, 0.1) is 6.54 Å². The van der Waals surface area contributed by atoms with Crippen LogP contribution in [0.1, 0.15) is 11.1 Å². The van der Waals surface area contributed by atoms with Gasteiger partial charge >= 0.3 is 0 Å². The summed E-state index contributed by atoms with van der Waals surface area (Å²) in [6.45, 7) is 7.64. The maximum Gasteiger partial charge on any atom is 0.128 e. The molecule has 1 N–H and O–H groups in total. The van der Waals surface area contributed by atoms with Gasteiger partial charge in [0.2, 0.25) is 0 Å². The normalized spacial score (nSPS) is 21.2. The highest BCUT2D eigenvalue weighted by atomic mass is 15.2. The number of likely N-dealkylation sites (N-methyl/N-ethyl adjacent to an activating group) is 1. The second kappa shape index (κ2) is 5.72. The Morgan fingerprint density at radius 1 is 1.11 bits per heavy atom. The van der Waals surface area contributed by atoms with Crippen molar-refractivity contribution in [1.82, 2.24) is 15.1 Å². The van der Waals surface area contributed by atoms with E-state index in [1.165, 1.54) is 37.3 Å². The van der Waals surface area contributed by atoms with Crippen LogP contribution in [0.2, 0.25) is 0 Å². The molecular formula is C15H22N4. The lowest BCUT2D eigenvalue weighted by Gasteiger charge is -2.32. The Labute approximate surface area is 115 Å². The highest BCUT2D eigenvalue weighted by molar-refractivity contribution is 5.99. The van der Waals surface area contributed by atoms with Crippen LogP contribution >= 0.6 is 0 Å². The third kappa shape index (κ3) is 3.14. The zero-order chi connectivity index (χ0) is 13.1. The van der Waals surface area contributed by atoms with Gasteiger partial charge in [-0.15, -0.1) is 0 Å². The van der Waals surface area contributed by atoms with E-state index in [9.17, 15) is 0 Å². The predicted molar refractivity (Wildman–Crippen MR) is 78.6 cm³/mol. The van der Waals surface area contributed by atoms with Gasteiger partial charge in [-0.1, -0.05) is 24.3 Å². The first kappa shape index (κ1) is 12.6. The van der Waals surface area contributed by atoms with Gasteiger partial charge < -0.3 is 10.2 Å². The van der Waals surface area contributed by atoms with E-state index in [1.54, 1.807) is 0 Å². The molecule has 1 fully saturated rings. The van der Waals surface area contributed by atoms with Gasteiger partial charge in [0.15, 0.2) is 0 Å². The van der Waals surface area contributed by atoms with Gasteiger partial charge in [-0.2, -0.15) is 0 Å². The number of rotatable bonds is 3. The van der Waals surface area contributed by atoms with Crippen molar-refractivity contribution in [2.75, 3.05) is 46.3 Å². The second-order valence-corrected chi connectivity index (χ2v) is 5.43. The third-order valence-corrected chi connectivity index (χ3v) is 3.90. The number of nitrogens with zero attached hydrogens (tertiary/aromatic N) is 3. The molecule has 0 aromatic heterocycles. The quantitative estimate of drug-likeness (QED) is 0.869. The standard InChI is InChI=1S/C15H22N4/c1-18-8-10-19(11-9-18)12-13-2-4-14(5-3-13)15-16-6-7-17-15/h2-5H,6-12H2,1H3,(H,16,17). The summed E-state index contributed by atoms with van der Waals surface area (Å²) in [7, 11) is 2.20. The van der Waals surface area contributed by atoms with E-state index in [1.807, 2.05) is 0 Å². The summed E-state index contributed by atoms with van der Waals surface area (Å²) in [6, 6.07) is 8.83. The minimum atomic E-state index is 0.901. The van der Waals surface area contributed by atoms with Gasteiger partial charge in [-0.3, -0.25) is 9.89 Å². The molecule has 2 aliphatic rings. The largest absolute Gasteiger partial charge is 0.368 e. The van der Waals surface area contributed by atoms with Crippen molar-refractivity contribution < 1.29 is 0 Å². The summed E-state index contributed by atoms with van der Waals surface area (Å²) in [5.41, 5.74) is 2.60. The van der Waals surface area contributed by atoms with Crippen molar-refractivity contribution in [3.05, 3.63) is 35.4 Å². The van der Waals surface area contributed by atoms with Crippen LogP contribution in [0.15, 0.2) is 29.3 Å². The summed E-state index contributed by atoms with van der Waals surface area (Å²) in [5, 5.41) is 3.31.